The molecule has 3 N–H and O–H groups in total. The van der Waals surface area contributed by atoms with Gasteiger partial charge in [0, 0.05) is 11.6 Å². The Labute approximate surface area is 111 Å². The summed E-state index contributed by atoms with van der Waals surface area (Å²) in [5, 5.41) is 2.87. The molecule has 1 amide bonds. The van der Waals surface area contributed by atoms with Gasteiger partial charge in [0.1, 0.15) is 11.6 Å². The van der Waals surface area contributed by atoms with Crippen molar-refractivity contribution < 1.29 is 13.6 Å². The second-order valence-electron chi connectivity index (χ2n) is 5.01. The van der Waals surface area contributed by atoms with E-state index in [1.54, 1.807) is 0 Å². The van der Waals surface area contributed by atoms with E-state index in [0.29, 0.717) is 12.5 Å². The van der Waals surface area contributed by atoms with E-state index in [0.717, 1.165) is 37.5 Å². The van der Waals surface area contributed by atoms with E-state index >= 15 is 0 Å². The first-order valence-corrected chi connectivity index (χ1v) is 6.53. The fourth-order valence-corrected chi connectivity index (χ4v) is 2.62. The smallest absolute Gasteiger partial charge is 0.224 e. The molecule has 0 saturated heterocycles. The van der Waals surface area contributed by atoms with Crippen LogP contribution in [0.1, 0.15) is 24.8 Å². The van der Waals surface area contributed by atoms with E-state index in [-0.39, 0.29) is 23.9 Å². The van der Waals surface area contributed by atoms with Crippen LogP contribution in [0.15, 0.2) is 18.2 Å². The molecule has 1 aromatic rings. The number of benzene rings is 1. The van der Waals surface area contributed by atoms with E-state index in [1.165, 1.54) is 0 Å². The van der Waals surface area contributed by atoms with Crippen LogP contribution >= 0.6 is 0 Å². The van der Waals surface area contributed by atoms with Crippen LogP contribution in [0.2, 0.25) is 0 Å². The van der Waals surface area contributed by atoms with Gasteiger partial charge in [0.2, 0.25) is 5.91 Å². The Morgan fingerprint density at radius 3 is 2.89 bits per heavy atom. The summed E-state index contributed by atoms with van der Waals surface area (Å²) in [6.45, 7) is 0.541. The highest BCUT2D eigenvalue weighted by Crippen LogP contribution is 2.24. The number of carbonyl (C=O) groups is 1. The third kappa shape index (κ3) is 3.50. The minimum atomic E-state index is -0.557. The number of hydrogen-bond acceptors (Lipinski definition) is 2. The maximum absolute atomic E-state index is 13.4. The van der Waals surface area contributed by atoms with Crippen molar-refractivity contribution in [2.45, 2.75) is 31.7 Å². The minimum absolute atomic E-state index is 0.0640. The number of amides is 1. The van der Waals surface area contributed by atoms with Gasteiger partial charge < -0.3 is 11.1 Å². The number of rotatable bonds is 4. The topological polar surface area (TPSA) is 55.1 Å². The minimum Gasteiger partial charge on any atom is -0.353 e. The zero-order valence-electron chi connectivity index (χ0n) is 10.7. The number of nitrogens with one attached hydrogen (secondary N) is 1. The van der Waals surface area contributed by atoms with Gasteiger partial charge in [-0.1, -0.05) is 6.42 Å². The Morgan fingerprint density at radius 1 is 1.37 bits per heavy atom. The molecule has 0 aliphatic heterocycles. The number of carbonyl (C=O) groups excluding carboxylic acids is 1. The molecule has 2 unspecified atom stereocenters. The van der Waals surface area contributed by atoms with Crippen LogP contribution in [-0.2, 0) is 11.2 Å². The molecule has 19 heavy (non-hydrogen) atoms. The highest BCUT2D eigenvalue weighted by Gasteiger charge is 2.27. The number of halogens is 2. The second-order valence-corrected chi connectivity index (χ2v) is 5.01. The van der Waals surface area contributed by atoms with Crippen LogP contribution in [0.25, 0.3) is 0 Å². The molecule has 5 heteroatoms. The molecule has 2 atom stereocenters. The monoisotopic (exact) mass is 268 g/mol. The first-order chi connectivity index (χ1) is 9.10. The van der Waals surface area contributed by atoms with Crippen LogP contribution in [0.5, 0.6) is 0 Å². The standard InChI is InChI=1S/C14H18F2N2O/c15-11-4-5-12(16)10(6-11)7-14(19)18-13-3-1-2-9(13)8-17/h4-6,9,13H,1-3,7-8,17H2,(H,18,19). The maximum Gasteiger partial charge on any atom is 0.224 e. The highest BCUT2D eigenvalue weighted by molar-refractivity contribution is 5.79. The SMILES string of the molecule is NCC1CCCC1NC(=O)Cc1cc(F)ccc1F. The van der Waals surface area contributed by atoms with E-state index < -0.39 is 11.6 Å². The Balaban J connectivity index is 1.95. The van der Waals surface area contributed by atoms with Gasteiger partial charge in [-0.25, -0.2) is 8.78 Å². The van der Waals surface area contributed by atoms with Crippen LogP contribution in [0, 0.1) is 17.6 Å². The van der Waals surface area contributed by atoms with Crippen LogP contribution in [0.3, 0.4) is 0 Å². The van der Waals surface area contributed by atoms with Gasteiger partial charge in [-0.05, 0) is 43.5 Å². The molecule has 1 fully saturated rings. The Morgan fingerprint density at radius 2 is 2.16 bits per heavy atom. The quantitative estimate of drug-likeness (QED) is 0.874. The third-order valence-corrected chi connectivity index (χ3v) is 3.67. The van der Waals surface area contributed by atoms with Gasteiger partial charge >= 0.3 is 0 Å². The molecule has 2 rings (SSSR count). The van der Waals surface area contributed by atoms with E-state index in [2.05, 4.69) is 5.32 Å². The predicted molar refractivity (Wildman–Crippen MR) is 68.4 cm³/mol. The summed E-state index contributed by atoms with van der Waals surface area (Å²) >= 11 is 0. The van der Waals surface area contributed by atoms with Crippen molar-refractivity contribution in [1.82, 2.24) is 5.32 Å². The summed E-state index contributed by atoms with van der Waals surface area (Å²) in [4.78, 5) is 11.9. The second kappa shape index (κ2) is 6.10. The molecule has 0 heterocycles. The first kappa shape index (κ1) is 13.9. The van der Waals surface area contributed by atoms with Crippen molar-refractivity contribution in [2.24, 2.45) is 11.7 Å². The van der Waals surface area contributed by atoms with Crippen LogP contribution in [0.4, 0.5) is 8.78 Å². The largest absolute Gasteiger partial charge is 0.353 e. The van der Waals surface area contributed by atoms with Crippen molar-refractivity contribution >= 4 is 5.91 Å². The Kier molecular flexibility index (Phi) is 4.47. The highest BCUT2D eigenvalue weighted by atomic mass is 19.1. The lowest BCUT2D eigenvalue weighted by atomic mass is 10.0. The molecular formula is C14H18F2N2O. The summed E-state index contributed by atoms with van der Waals surface area (Å²) in [7, 11) is 0. The van der Waals surface area contributed by atoms with Gasteiger partial charge in [0.25, 0.3) is 0 Å². The molecule has 0 spiro atoms. The molecule has 1 aliphatic carbocycles. The van der Waals surface area contributed by atoms with Gasteiger partial charge in [0.15, 0.2) is 0 Å². The van der Waals surface area contributed by atoms with Gasteiger partial charge in [-0.2, -0.15) is 0 Å². The lowest BCUT2D eigenvalue weighted by molar-refractivity contribution is -0.121. The lowest BCUT2D eigenvalue weighted by Gasteiger charge is -2.19. The molecule has 0 bridgehead atoms. The van der Waals surface area contributed by atoms with Crippen molar-refractivity contribution in [3.63, 3.8) is 0 Å². The molecule has 1 saturated carbocycles. The van der Waals surface area contributed by atoms with Crippen LogP contribution in [-0.4, -0.2) is 18.5 Å². The summed E-state index contributed by atoms with van der Waals surface area (Å²) in [5.41, 5.74) is 5.72. The van der Waals surface area contributed by atoms with Crippen molar-refractivity contribution in [3.05, 3.63) is 35.4 Å². The van der Waals surface area contributed by atoms with Gasteiger partial charge in [0.05, 0.1) is 6.42 Å². The van der Waals surface area contributed by atoms with Gasteiger partial charge in [-0.15, -0.1) is 0 Å². The fourth-order valence-electron chi connectivity index (χ4n) is 2.62. The predicted octanol–water partition coefficient (Wildman–Crippen LogP) is 1.75. The summed E-state index contributed by atoms with van der Waals surface area (Å²) in [5.74, 6) is -1.08. The summed E-state index contributed by atoms with van der Waals surface area (Å²) < 4.78 is 26.4. The first-order valence-electron chi connectivity index (χ1n) is 6.53. The summed E-state index contributed by atoms with van der Waals surface area (Å²) in [6.07, 6.45) is 2.81. The lowest BCUT2D eigenvalue weighted by Crippen LogP contribution is -2.40. The third-order valence-electron chi connectivity index (χ3n) is 3.67. The molecule has 3 nitrogen and oxygen atoms in total. The fraction of sp³-hybridized carbons (Fsp3) is 0.500. The summed E-state index contributed by atoms with van der Waals surface area (Å²) in [6, 6.07) is 3.20. The average molecular weight is 268 g/mol. The van der Waals surface area contributed by atoms with Crippen LogP contribution < -0.4 is 11.1 Å². The van der Waals surface area contributed by atoms with Gasteiger partial charge in [-0.3, -0.25) is 4.79 Å². The Bertz CT molecular complexity index is 465. The Hall–Kier alpha value is -1.49. The van der Waals surface area contributed by atoms with Crippen molar-refractivity contribution in [3.8, 4) is 0 Å². The van der Waals surface area contributed by atoms with E-state index in [9.17, 15) is 13.6 Å². The number of hydrogen-bond donors (Lipinski definition) is 2. The normalized spacial score (nSPS) is 22.5. The molecule has 104 valence electrons. The maximum atomic E-state index is 13.4. The molecule has 0 aromatic heterocycles. The number of nitrogens with two attached hydrogens (primary N) is 1. The molecule has 1 aliphatic rings. The van der Waals surface area contributed by atoms with Crippen molar-refractivity contribution in [2.75, 3.05) is 6.54 Å². The molecule has 0 radical (unpaired) electrons. The average Bonchev–Trinajstić information content (AvgIpc) is 2.81. The van der Waals surface area contributed by atoms with Crippen molar-refractivity contribution in [1.29, 1.82) is 0 Å². The molecule has 1 aromatic carbocycles. The molecular weight excluding hydrogens is 250 g/mol. The zero-order chi connectivity index (χ0) is 13.8. The zero-order valence-corrected chi connectivity index (χ0v) is 10.7. The van der Waals surface area contributed by atoms with E-state index in [4.69, 9.17) is 5.73 Å². The van der Waals surface area contributed by atoms with E-state index in [1.807, 2.05) is 0 Å².